The molecule has 5 amide bonds. The van der Waals surface area contributed by atoms with Gasteiger partial charge in [0.15, 0.2) is 6.10 Å². The first-order valence-corrected chi connectivity index (χ1v) is 12.8. The Balaban J connectivity index is 3.04. The van der Waals surface area contributed by atoms with Crippen molar-refractivity contribution >= 4 is 29.5 Å². The van der Waals surface area contributed by atoms with Crippen molar-refractivity contribution in [1.82, 2.24) is 21.3 Å². The third-order valence-corrected chi connectivity index (χ3v) is 6.00. The molecule has 5 unspecified atom stereocenters. The topological polar surface area (TPSA) is 180 Å². The zero-order valence-corrected chi connectivity index (χ0v) is 22.9. The molecule has 5 atom stereocenters. The average Bonchev–Trinajstić information content (AvgIpc) is 2.86. The number of rotatable bonds is 15. The second-order valence-electron chi connectivity index (χ2n) is 9.84. The monoisotopic (exact) mass is 573 g/mol. The second-order valence-corrected chi connectivity index (χ2v) is 9.84. The van der Waals surface area contributed by atoms with Gasteiger partial charge in [-0.05, 0) is 37.7 Å². The molecule has 224 valence electrons. The lowest BCUT2D eigenvalue weighted by Crippen LogP contribution is -2.58. The SMILES string of the molecule is CC(=O)NC(C(=O)NC(CCc1ccccc1)C(=O)NC(C)C(=O)NC(CCC(N)=O)C(O)C(F)(F)F)C(C)C. The number of benzene rings is 1. The summed E-state index contributed by atoms with van der Waals surface area (Å²) in [7, 11) is 0. The zero-order chi connectivity index (χ0) is 30.6. The summed E-state index contributed by atoms with van der Waals surface area (Å²) in [4.78, 5) is 61.4. The molecule has 0 bridgehead atoms. The lowest BCUT2D eigenvalue weighted by atomic mass is 10.0. The number of nitrogens with two attached hydrogens (primary N) is 1. The first-order chi connectivity index (χ1) is 18.5. The van der Waals surface area contributed by atoms with Crippen molar-refractivity contribution < 1.29 is 42.3 Å². The van der Waals surface area contributed by atoms with E-state index in [-0.39, 0.29) is 12.3 Å². The summed E-state index contributed by atoms with van der Waals surface area (Å²) in [5.41, 5.74) is 5.85. The molecule has 0 fully saturated rings. The Labute approximate surface area is 230 Å². The number of carbonyl (C=O) groups excluding carboxylic acids is 5. The molecule has 11 nitrogen and oxygen atoms in total. The molecule has 40 heavy (non-hydrogen) atoms. The van der Waals surface area contributed by atoms with Gasteiger partial charge in [0.2, 0.25) is 29.5 Å². The van der Waals surface area contributed by atoms with Crippen molar-refractivity contribution in [1.29, 1.82) is 0 Å². The standard InChI is InChI=1S/C26H38F3N5O6/c1-14(2)21(32-16(4)35)25(40)34-19(11-10-17-8-6-5-7-9-17)24(39)31-15(3)23(38)33-18(12-13-20(30)36)22(37)26(27,28)29/h5-9,14-15,18-19,21-22,37H,10-13H2,1-4H3,(H2,30,36)(H,31,39)(H,32,35)(H,33,38)(H,34,40). The Morgan fingerprint density at radius 1 is 0.875 bits per heavy atom. The Bertz CT molecular complexity index is 1020. The van der Waals surface area contributed by atoms with Crippen LogP contribution in [0.1, 0.15) is 52.5 Å². The van der Waals surface area contributed by atoms with E-state index in [2.05, 4.69) is 16.0 Å². The maximum absolute atomic E-state index is 13.1. The van der Waals surface area contributed by atoms with Gasteiger partial charge in [0.25, 0.3) is 0 Å². The second kappa shape index (κ2) is 15.8. The molecule has 0 aliphatic heterocycles. The maximum Gasteiger partial charge on any atom is 0.416 e. The van der Waals surface area contributed by atoms with E-state index in [1.807, 2.05) is 23.5 Å². The maximum atomic E-state index is 13.1. The van der Waals surface area contributed by atoms with Gasteiger partial charge in [-0.2, -0.15) is 13.2 Å². The zero-order valence-electron chi connectivity index (χ0n) is 22.9. The smallest absolute Gasteiger partial charge is 0.382 e. The van der Waals surface area contributed by atoms with Crippen LogP contribution < -0.4 is 27.0 Å². The van der Waals surface area contributed by atoms with Crippen LogP contribution in [0.15, 0.2) is 30.3 Å². The minimum atomic E-state index is -5.09. The predicted molar refractivity (Wildman–Crippen MR) is 139 cm³/mol. The molecule has 0 saturated carbocycles. The minimum absolute atomic E-state index is 0.106. The summed E-state index contributed by atoms with van der Waals surface area (Å²) in [6, 6.07) is 3.66. The summed E-state index contributed by atoms with van der Waals surface area (Å²) in [5, 5.41) is 19.1. The van der Waals surface area contributed by atoms with Gasteiger partial charge in [-0.25, -0.2) is 0 Å². The highest BCUT2D eigenvalue weighted by Gasteiger charge is 2.44. The van der Waals surface area contributed by atoms with E-state index < -0.39 is 78.8 Å². The highest BCUT2D eigenvalue weighted by atomic mass is 19.4. The molecular weight excluding hydrogens is 535 g/mol. The van der Waals surface area contributed by atoms with Crippen LogP contribution in [0.2, 0.25) is 0 Å². The summed E-state index contributed by atoms with van der Waals surface area (Å²) < 4.78 is 39.3. The molecule has 0 spiro atoms. The van der Waals surface area contributed by atoms with Gasteiger partial charge in [-0.1, -0.05) is 44.2 Å². The molecule has 7 N–H and O–H groups in total. The van der Waals surface area contributed by atoms with Crippen molar-refractivity contribution in [3.8, 4) is 0 Å². The van der Waals surface area contributed by atoms with Gasteiger partial charge in [0, 0.05) is 13.3 Å². The third kappa shape index (κ3) is 12.0. The van der Waals surface area contributed by atoms with Gasteiger partial charge >= 0.3 is 6.18 Å². The van der Waals surface area contributed by atoms with E-state index in [1.165, 1.54) is 13.8 Å². The van der Waals surface area contributed by atoms with Crippen LogP contribution in [0.5, 0.6) is 0 Å². The molecule has 0 aromatic heterocycles. The van der Waals surface area contributed by atoms with Gasteiger partial charge < -0.3 is 32.1 Å². The lowest BCUT2D eigenvalue weighted by molar-refractivity contribution is -0.212. The van der Waals surface area contributed by atoms with Crippen LogP contribution in [0, 0.1) is 5.92 Å². The number of aliphatic hydroxyl groups is 1. The molecule has 0 radical (unpaired) electrons. The first-order valence-electron chi connectivity index (χ1n) is 12.8. The van der Waals surface area contributed by atoms with Crippen molar-refractivity contribution in [3.05, 3.63) is 35.9 Å². The summed E-state index contributed by atoms with van der Waals surface area (Å²) in [6.07, 6.45) is -8.71. The molecule has 0 aliphatic rings. The molecule has 0 saturated heterocycles. The van der Waals surface area contributed by atoms with Crippen LogP contribution in [0.3, 0.4) is 0 Å². The van der Waals surface area contributed by atoms with E-state index in [0.29, 0.717) is 6.42 Å². The number of hydrogen-bond donors (Lipinski definition) is 6. The van der Waals surface area contributed by atoms with E-state index in [1.54, 1.807) is 26.0 Å². The van der Waals surface area contributed by atoms with E-state index in [9.17, 15) is 42.3 Å². The Hall–Kier alpha value is -3.68. The number of aryl methyl sites for hydroxylation is 1. The number of amides is 5. The molecule has 1 aromatic rings. The highest BCUT2D eigenvalue weighted by molar-refractivity contribution is 5.94. The fourth-order valence-electron chi connectivity index (χ4n) is 3.76. The number of alkyl halides is 3. The van der Waals surface area contributed by atoms with Crippen molar-refractivity contribution in [3.63, 3.8) is 0 Å². The largest absolute Gasteiger partial charge is 0.416 e. The third-order valence-electron chi connectivity index (χ3n) is 6.00. The number of hydrogen-bond acceptors (Lipinski definition) is 6. The quantitative estimate of drug-likeness (QED) is 0.177. The van der Waals surface area contributed by atoms with E-state index in [0.717, 1.165) is 5.56 Å². The van der Waals surface area contributed by atoms with Gasteiger partial charge in [0.05, 0.1) is 6.04 Å². The van der Waals surface area contributed by atoms with Gasteiger partial charge in [-0.3, -0.25) is 24.0 Å². The number of aliphatic hydroxyl groups excluding tert-OH is 1. The first kappa shape index (κ1) is 34.3. The molecule has 1 rings (SSSR count). The fourth-order valence-corrected chi connectivity index (χ4v) is 3.76. The molecule has 0 aliphatic carbocycles. The molecule has 0 heterocycles. The molecule has 14 heteroatoms. The number of halogens is 3. The van der Waals surface area contributed by atoms with Crippen LogP contribution in [-0.4, -0.2) is 71.1 Å². The highest BCUT2D eigenvalue weighted by Crippen LogP contribution is 2.24. The van der Waals surface area contributed by atoms with Crippen LogP contribution in [0.25, 0.3) is 0 Å². The number of primary amides is 1. The minimum Gasteiger partial charge on any atom is -0.382 e. The normalized spacial score (nSPS) is 15.2. The fraction of sp³-hybridized carbons (Fsp3) is 0.577. The molecule has 1 aromatic carbocycles. The Kier molecular flexibility index (Phi) is 13.6. The van der Waals surface area contributed by atoms with Crippen molar-refractivity contribution in [2.24, 2.45) is 11.7 Å². The van der Waals surface area contributed by atoms with E-state index >= 15 is 0 Å². The summed E-state index contributed by atoms with van der Waals surface area (Å²) in [6.45, 7) is 5.86. The van der Waals surface area contributed by atoms with Crippen LogP contribution >= 0.6 is 0 Å². The number of carbonyl (C=O) groups is 5. The van der Waals surface area contributed by atoms with Gasteiger partial charge in [0.1, 0.15) is 18.1 Å². The van der Waals surface area contributed by atoms with E-state index in [4.69, 9.17) is 5.73 Å². The van der Waals surface area contributed by atoms with Gasteiger partial charge in [-0.15, -0.1) is 0 Å². The summed E-state index contributed by atoms with van der Waals surface area (Å²) >= 11 is 0. The molecular formula is C26H38F3N5O6. The number of nitrogens with one attached hydrogen (secondary N) is 4. The Morgan fingerprint density at radius 2 is 1.48 bits per heavy atom. The van der Waals surface area contributed by atoms with Crippen molar-refractivity contribution in [2.45, 2.75) is 89.8 Å². The van der Waals surface area contributed by atoms with Crippen LogP contribution in [-0.2, 0) is 30.4 Å². The average molecular weight is 574 g/mol. The Morgan fingerprint density at radius 3 is 1.98 bits per heavy atom. The van der Waals surface area contributed by atoms with Crippen LogP contribution in [0.4, 0.5) is 13.2 Å². The van der Waals surface area contributed by atoms with Crippen molar-refractivity contribution in [2.75, 3.05) is 0 Å². The predicted octanol–water partition coefficient (Wildman–Crippen LogP) is 0.443. The summed E-state index contributed by atoms with van der Waals surface area (Å²) in [5.74, 6) is -4.17. The lowest BCUT2D eigenvalue weighted by Gasteiger charge is -2.28.